The molecule has 4 heteroatoms. The number of aromatic nitrogens is 2. The van der Waals surface area contributed by atoms with Gasteiger partial charge in [-0.3, -0.25) is 4.79 Å². The van der Waals surface area contributed by atoms with E-state index >= 15 is 0 Å². The second-order valence-electron chi connectivity index (χ2n) is 3.30. The summed E-state index contributed by atoms with van der Waals surface area (Å²) >= 11 is 0. The minimum absolute atomic E-state index is 0.0988. The normalized spacial score (nSPS) is 10.2. The van der Waals surface area contributed by atoms with Crippen LogP contribution in [0.4, 0.5) is 5.69 Å². The molecule has 76 valence electrons. The predicted octanol–water partition coefficient (Wildman–Crippen LogP) is 1.12. The van der Waals surface area contributed by atoms with Gasteiger partial charge in [0.05, 0.1) is 17.6 Å². The molecule has 0 aliphatic rings. The van der Waals surface area contributed by atoms with Gasteiger partial charge in [-0.1, -0.05) is 12.1 Å². The maximum absolute atomic E-state index is 11.1. The number of nitrogen functional groups attached to an aromatic ring is 1. The Morgan fingerprint density at radius 3 is 2.73 bits per heavy atom. The number of rotatable bonds is 1. The van der Waals surface area contributed by atoms with Crippen LogP contribution in [-0.4, -0.2) is 9.78 Å². The molecule has 0 saturated carbocycles. The van der Waals surface area contributed by atoms with Crippen LogP contribution in [0.1, 0.15) is 5.69 Å². The maximum Gasteiger partial charge on any atom is 0.200 e. The lowest BCUT2D eigenvalue weighted by molar-refractivity contribution is 0.801. The summed E-state index contributed by atoms with van der Waals surface area (Å²) in [6.07, 6.45) is 1.28. The van der Waals surface area contributed by atoms with Crippen molar-refractivity contribution in [1.29, 1.82) is 0 Å². The molecule has 2 N–H and O–H groups in total. The van der Waals surface area contributed by atoms with Gasteiger partial charge in [-0.15, -0.1) is 0 Å². The van der Waals surface area contributed by atoms with E-state index in [4.69, 9.17) is 5.73 Å². The summed E-state index contributed by atoms with van der Waals surface area (Å²) in [5.74, 6) is 0. The fourth-order valence-corrected chi connectivity index (χ4v) is 1.44. The molecule has 0 fully saturated rings. The molecule has 1 aromatic heterocycles. The third-order valence-corrected chi connectivity index (χ3v) is 2.15. The van der Waals surface area contributed by atoms with E-state index in [1.54, 1.807) is 10.7 Å². The molecule has 0 atom stereocenters. The zero-order valence-corrected chi connectivity index (χ0v) is 8.34. The number of benzene rings is 1. The molecule has 4 nitrogen and oxygen atoms in total. The summed E-state index contributed by atoms with van der Waals surface area (Å²) in [4.78, 5) is 11.1. The maximum atomic E-state index is 11.1. The molecule has 15 heavy (non-hydrogen) atoms. The molecule has 1 heterocycles. The van der Waals surface area contributed by atoms with Crippen molar-refractivity contribution in [2.75, 3.05) is 5.73 Å². The number of anilines is 1. The van der Waals surface area contributed by atoms with E-state index in [2.05, 4.69) is 5.10 Å². The van der Waals surface area contributed by atoms with Crippen LogP contribution in [0.15, 0.2) is 41.3 Å². The number of aryl methyl sites for hydroxylation is 1. The Hall–Kier alpha value is -2.10. The number of nitrogens with two attached hydrogens (primary N) is 1. The van der Waals surface area contributed by atoms with E-state index in [0.29, 0.717) is 5.69 Å². The molecular weight excluding hydrogens is 190 g/mol. The molecule has 0 bridgehead atoms. The molecule has 0 aliphatic carbocycles. The first-order valence-electron chi connectivity index (χ1n) is 4.59. The smallest absolute Gasteiger partial charge is 0.200 e. The van der Waals surface area contributed by atoms with Crippen LogP contribution < -0.4 is 11.2 Å². The summed E-state index contributed by atoms with van der Waals surface area (Å²) in [5.41, 5.74) is 7.91. The van der Waals surface area contributed by atoms with Crippen molar-refractivity contribution in [2.24, 2.45) is 0 Å². The van der Waals surface area contributed by atoms with Crippen LogP contribution in [0.3, 0.4) is 0 Å². The lowest BCUT2D eigenvalue weighted by atomic mass is 10.2. The van der Waals surface area contributed by atoms with Crippen molar-refractivity contribution in [3.05, 3.63) is 52.4 Å². The van der Waals surface area contributed by atoms with Crippen molar-refractivity contribution in [3.63, 3.8) is 0 Å². The molecule has 0 amide bonds. The molecule has 2 aromatic rings. The number of hydrogen-bond acceptors (Lipinski definition) is 3. The number of hydrogen-bond donors (Lipinski definition) is 1. The van der Waals surface area contributed by atoms with Crippen molar-refractivity contribution < 1.29 is 0 Å². The zero-order valence-electron chi connectivity index (χ0n) is 8.34. The highest BCUT2D eigenvalue weighted by Crippen LogP contribution is 2.15. The largest absolute Gasteiger partial charge is 0.397 e. The highest BCUT2D eigenvalue weighted by Gasteiger charge is 2.03. The quantitative estimate of drug-likeness (QED) is 0.703. The van der Waals surface area contributed by atoms with Crippen LogP contribution in [0.5, 0.6) is 0 Å². The first kappa shape index (κ1) is 9.45. The summed E-state index contributed by atoms with van der Waals surface area (Å²) < 4.78 is 1.65. The van der Waals surface area contributed by atoms with Gasteiger partial charge in [-0.25, -0.2) is 4.68 Å². The van der Waals surface area contributed by atoms with Crippen LogP contribution in [0.2, 0.25) is 0 Å². The molecule has 0 aliphatic heterocycles. The average Bonchev–Trinajstić information content (AvgIpc) is 2.20. The van der Waals surface area contributed by atoms with Crippen LogP contribution in [0.25, 0.3) is 5.69 Å². The number of para-hydroxylation sites is 2. The molecule has 0 spiro atoms. The van der Waals surface area contributed by atoms with E-state index < -0.39 is 0 Å². The van der Waals surface area contributed by atoms with Crippen molar-refractivity contribution in [1.82, 2.24) is 9.78 Å². The summed E-state index contributed by atoms with van der Waals surface area (Å²) in [6, 6.07) is 8.93. The molecular formula is C11H11N3O. The Morgan fingerprint density at radius 1 is 1.33 bits per heavy atom. The van der Waals surface area contributed by atoms with Gasteiger partial charge >= 0.3 is 0 Å². The lowest BCUT2D eigenvalue weighted by Crippen LogP contribution is -2.12. The topological polar surface area (TPSA) is 60.9 Å². The number of nitrogens with zero attached hydrogens (tertiary/aromatic N) is 2. The van der Waals surface area contributed by atoms with Gasteiger partial charge in [0.25, 0.3) is 0 Å². The highest BCUT2D eigenvalue weighted by atomic mass is 16.1. The van der Waals surface area contributed by atoms with Gasteiger partial charge in [0.15, 0.2) is 5.43 Å². The van der Waals surface area contributed by atoms with E-state index in [9.17, 15) is 4.79 Å². The van der Waals surface area contributed by atoms with Crippen LogP contribution in [-0.2, 0) is 0 Å². The fourth-order valence-electron chi connectivity index (χ4n) is 1.44. The monoisotopic (exact) mass is 201 g/mol. The third kappa shape index (κ3) is 1.74. The van der Waals surface area contributed by atoms with E-state index in [0.717, 1.165) is 11.4 Å². The average molecular weight is 201 g/mol. The van der Waals surface area contributed by atoms with Crippen LogP contribution in [0, 0.1) is 6.92 Å². The minimum atomic E-state index is -0.0988. The molecule has 2 rings (SSSR count). The Bertz CT molecular complexity index is 546. The predicted molar refractivity (Wildman–Crippen MR) is 59.0 cm³/mol. The summed E-state index contributed by atoms with van der Waals surface area (Å²) in [6.45, 7) is 1.82. The Balaban J connectivity index is 2.65. The van der Waals surface area contributed by atoms with Crippen molar-refractivity contribution in [3.8, 4) is 5.69 Å². The molecule has 1 aromatic carbocycles. The Labute approximate surface area is 87.0 Å². The van der Waals surface area contributed by atoms with E-state index in [-0.39, 0.29) is 5.43 Å². The molecule has 0 radical (unpaired) electrons. The second kappa shape index (κ2) is 3.57. The van der Waals surface area contributed by atoms with Gasteiger partial charge < -0.3 is 5.73 Å². The van der Waals surface area contributed by atoms with Crippen LogP contribution >= 0.6 is 0 Å². The third-order valence-electron chi connectivity index (χ3n) is 2.15. The summed E-state index contributed by atoms with van der Waals surface area (Å²) in [5, 5.41) is 4.03. The van der Waals surface area contributed by atoms with Gasteiger partial charge in [0.2, 0.25) is 0 Å². The SMILES string of the molecule is Cc1cc(=O)cnn1-c1ccccc1N. The highest BCUT2D eigenvalue weighted by molar-refractivity contribution is 5.57. The van der Waals surface area contributed by atoms with E-state index in [1.165, 1.54) is 12.3 Å². The lowest BCUT2D eigenvalue weighted by Gasteiger charge is -2.10. The fraction of sp³-hybridized carbons (Fsp3) is 0.0909. The van der Waals surface area contributed by atoms with Gasteiger partial charge in [-0.2, -0.15) is 5.10 Å². The minimum Gasteiger partial charge on any atom is -0.397 e. The van der Waals surface area contributed by atoms with Gasteiger partial charge in [0.1, 0.15) is 0 Å². The summed E-state index contributed by atoms with van der Waals surface area (Å²) in [7, 11) is 0. The molecule has 0 unspecified atom stereocenters. The molecule has 0 saturated heterocycles. The first-order valence-corrected chi connectivity index (χ1v) is 4.59. The van der Waals surface area contributed by atoms with Crippen molar-refractivity contribution >= 4 is 5.69 Å². The Kier molecular flexibility index (Phi) is 2.25. The van der Waals surface area contributed by atoms with E-state index in [1.807, 2.05) is 25.1 Å². The van der Waals surface area contributed by atoms with Crippen molar-refractivity contribution in [2.45, 2.75) is 6.92 Å². The van der Waals surface area contributed by atoms with Gasteiger partial charge in [0, 0.05) is 11.8 Å². The standard InChI is InChI=1S/C11H11N3O/c1-8-6-9(15)7-13-14(8)11-5-3-2-4-10(11)12/h2-7H,12H2,1H3. The first-order chi connectivity index (χ1) is 7.18. The Morgan fingerprint density at radius 2 is 2.07 bits per heavy atom. The zero-order chi connectivity index (χ0) is 10.8. The second-order valence-corrected chi connectivity index (χ2v) is 3.30. The van der Waals surface area contributed by atoms with Gasteiger partial charge in [-0.05, 0) is 19.1 Å².